The zero-order valence-electron chi connectivity index (χ0n) is 28.0. The van der Waals surface area contributed by atoms with E-state index in [0.29, 0.717) is 51.2 Å². The lowest BCUT2D eigenvalue weighted by Crippen LogP contribution is -2.58. The molecule has 4 heterocycles. The normalized spacial score (nSPS) is 23.4. The lowest BCUT2D eigenvalue weighted by molar-refractivity contribution is -0.206. The highest BCUT2D eigenvalue weighted by Crippen LogP contribution is 2.27. The van der Waals surface area contributed by atoms with Crippen molar-refractivity contribution < 1.29 is 42.0 Å². The average Bonchev–Trinajstić information content (AvgIpc) is 2.93. The molecule has 3 fully saturated rings. The van der Waals surface area contributed by atoms with Crippen molar-refractivity contribution in [3.05, 3.63) is 35.7 Å². The lowest BCUT2D eigenvalue weighted by Gasteiger charge is -2.39. The molecule has 0 saturated carbocycles. The number of nitrogens with zero attached hydrogens (tertiary/aromatic N) is 1. The van der Waals surface area contributed by atoms with E-state index in [0.717, 1.165) is 24.4 Å². The summed E-state index contributed by atoms with van der Waals surface area (Å²) < 4.78 is 54.1. The molecule has 13 heteroatoms. The standard InChI is InChI=1S/C21H29BFNO4.C10H20B2O4/c1-20(2,3)28-19(25)24-10-8-15(9-11-24)16-6-7-17(18(23)12-16)22-26-13-21(4,5)14-27-22;1-9(2)5-15-12(16-6-9)11-7-13-10(3,4)14-8-11/h6-8,12H,9-11,13-14H2,1-5H3;5-8H2,1-4H3. The van der Waals surface area contributed by atoms with Crippen LogP contribution < -0.4 is 5.46 Å². The van der Waals surface area contributed by atoms with Crippen LogP contribution in [0.5, 0.6) is 0 Å². The molecule has 4 aliphatic rings. The Morgan fingerprint density at radius 2 is 1.48 bits per heavy atom. The second kappa shape index (κ2) is 13.9. The Hall–Kier alpha value is -1.89. The zero-order chi connectivity index (χ0) is 32.3. The number of amides is 1. The fraction of sp³-hybridized carbons (Fsp3) is 0.710. The number of ether oxygens (including phenoxy) is 3. The molecule has 0 N–H and O–H groups in total. The molecule has 44 heavy (non-hydrogen) atoms. The summed E-state index contributed by atoms with van der Waals surface area (Å²) >= 11 is 0. The highest BCUT2D eigenvalue weighted by molar-refractivity contribution is 7.17. The van der Waals surface area contributed by atoms with Crippen molar-refractivity contribution >= 4 is 37.9 Å². The van der Waals surface area contributed by atoms with Crippen LogP contribution in [0, 0.1) is 16.6 Å². The maximum absolute atomic E-state index is 14.7. The fourth-order valence-corrected chi connectivity index (χ4v) is 5.05. The van der Waals surface area contributed by atoms with Crippen LogP contribution in [0.2, 0.25) is 0 Å². The molecule has 0 aromatic heterocycles. The molecule has 242 valence electrons. The van der Waals surface area contributed by atoms with Gasteiger partial charge in [-0.1, -0.05) is 45.9 Å². The van der Waals surface area contributed by atoms with Crippen LogP contribution in [0.15, 0.2) is 24.3 Å². The second-order valence-electron chi connectivity index (χ2n) is 15.2. The average molecular weight is 615 g/mol. The topological polar surface area (TPSA) is 84.9 Å². The van der Waals surface area contributed by atoms with Crippen LogP contribution in [0.25, 0.3) is 5.57 Å². The van der Waals surface area contributed by atoms with Crippen LogP contribution in [0.1, 0.15) is 74.3 Å². The summed E-state index contributed by atoms with van der Waals surface area (Å²) in [7, 11) is -0.839. The minimum Gasteiger partial charge on any atom is -0.444 e. The first-order valence-corrected chi connectivity index (χ1v) is 15.6. The quantitative estimate of drug-likeness (QED) is 0.457. The first kappa shape index (κ1) is 35.0. The van der Waals surface area contributed by atoms with Gasteiger partial charge in [-0.2, -0.15) is 0 Å². The van der Waals surface area contributed by atoms with Crippen molar-refractivity contribution in [3.8, 4) is 0 Å². The molecule has 1 amide bonds. The van der Waals surface area contributed by atoms with Gasteiger partial charge >= 0.3 is 20.2 Å². The Labute approximate surface area is 263 Å². The van der Waals surface area contributed by atoms with E-state index < -0.39 is 18.5 Å². The molecule has 0 unspecified atom stereocenters. The molecule has 4 aliphatic heterocycles. The minimum absolute atomic E-state index is 0.0557. The number of rotatable bonds is 3. The molecule has 1 aromatic rings. The van der Waals surface area contributed by atoms with Crippen LogP contribution in [0.4, 0.5) is 9.18 Å². The van der Waals surface area contributed by atoms with E-state index in [2.05, 4.69) is 27.7 Å². The van der Waals surface area contributed by atoms with Crippen molar-refractivity contribution in [3.63, 3.8) is 0 Å². The van der Waals surface area contributed by atoms with E-state index in [9.17, 15) is 9.18 Å². The van der Waals surface area contributed by atoms with Crippen LogP contribution >= 0.6 is 0 Å². The third-order valence-electron chi connectivity index (χ3n) is 7.69. The summed E-state index contributed by atoms with van der Waals surface area (Å²) in [4.78, 5) is 13.8. The molecular weight excluding hydrogens is 566 g/mol. The summed E-state index contributed by atoms with van der Waals surface area (Å²) in [6.45, 7) is 22.8. The lowest BCUT2D eigenvalue weighted by atomic mass is 9.24. The molecule has 3 saturated heterocycles. The van der Waals surface area contributed by atoms with Gasteiger partial charge in [-0.25, -0.2) is 9.18 Å². The van der Waals surface area contributed by atoms with E-state index in [1.165, 1.54) is 6.07 Å². The highest BCUT2D eigenvalue weighted by Gasteiger charge is 2.44. The van der Waals surface area contributed by atoms with Gasteiger partial charge in [0.25, 0.3) is 0 Å². The maximum atomic E-state index is 14.7. The van der Waals surface area contributed by atoms with E-state index in [1.54, 1.807) is 11.0 Å². The van der Waals surface area contributed by atoms with Crippen molar-refractivity contribution in [2.24, 2.45) is 10.8 Å². The summed E-state index contributed by atoms with van der Waals surface area (Å²) in [6, 6.07) is 5.14. The SMILES string of the molecule is CC1(C)COB(B2COC(C)(C)OC2)OC1.CC1(C)COB(c2ccc(C3=CCN(C(=O)OC(C)(C)C)CC3)cc2F)OC1. The summed E-state index contributed by atoms with van der Waals surface area (Å²) in [5.74, 6) is -0.803. The Balaban J connectivity index is 0.000000233. The zero-order valence-corrected chi connectivity index (χ0v) is 28.0. The number of hydrogen-bond donors (Lipinski definition) is 0. The van der Waals surface area contributed by atoms with Gasteiger partial charge in [-0.3, -0.25) is 0 Å². The van der Waals surface area contributed by atoms with Crippen LogP contribution in [-0.2, 0) is 32.8 Å². The highest BCUT2D eigenvalue weighted by atomic mass is 19.1. The second-order valence-corrected chi connectivity index (χ2v) is 15.2. The number of carbonyl (C=O) groups excluding carboxylic acids is 1. The Kier molecular flexibility index (Phi) is 11.0. The van der Waals surface area contributed by atoms with Gasteiger partial charge in [0.1, 0.15) is 11.4 Å². The van der Waals surface area contributed by atoms with Crippen molar-refractivity contribution in [1.82, 2.24) is 4.90 Å². The number of hydrogen-bond acceptors (Lipinski definition) is 8. The van der Waals surface area contributed by atoms with Gasteiger partial charge in [-0.05, 0) is 58.2 Å². The molecule has 0 atom stereocenters. The van der Waals surface area contributed by atoms with E-state index in [4.69, 9.17) is 32.8 Å². The van der Waals surface area contributed by atoms with Gasteiger partial charge in [0, 0.05) is 68.8 Å². The number of carbonyl (C=O) groups is 1. The van der Waals surface area contributed by atoms with E-state index in [1.807, 2.05) is 46.8 Å². The van der Waals surface area contributed by atoms with Gasteiger partial charge in [0.15, 0.2) is 5.79 Å². The summed E-state index contributed by atoms with van der Waals surface area (Å²) in [5, 5.41) is 0. The van der Waals surface area contributed by atoms with Crippen LogP contribution in [-0.4, -0.2) is 95.6 Å². The number of halogens is 1. The Bertz CT molecular complexity index is 1130. The van der Waals surface area contributed by atoms with E-state index in [-0.39, 0.29) is 36.4 Å². The van der Waals surface area contributed by atoms with Crippen molar-refractivity contribution in [1.29, 1.82) is 0 Å². The predicted octanol–water partition coefficient (Wildman–Crippen LogP) is 4.60. The van der Waals surface area contributed by atoms with Crippen molar-refractivity contribution in [2.45, 2.75) is 80.1 Å². The van der Waals surface area contributed by atoms with Gasteiger partial charge < -0.3 is 37.7 Å². The Morgan fingerprint density at radius 1 is 0.909 bits per heavy atom. The van der Waals surface area contributed by atoms with Gasteiger partial charge in [-0.15, -0.1) is 0 Å². The Morgan fingerprint density at radius 3 is 1.98 bits per heavy atom. The monoisotopic (exact) mass is 615 g/mol. The molecule has 1 aromatic carbocycles. The van der Waals surface area contributed by atoms with E-state index >= 15 is 0 Å². The molecule has 9 nitrogen and oxygen atoms in total. The van der Waals surface area contributed by atoms with Crippen LogP contribution in [0.3, 0.4) is 0 Å². The summed E-state index contributed by atoms with van der Waals surface area (Å²) in [6.07, 6.45) is 2.29. The maximum Gasteiger partial charge on any atom is 0.496 e. The number of benzene rings is 1. The first-order valence-electron chi connectivity index (χ1n) is 15.6. The van der Waals surface area contributed by atoms with Gasteiger partial charge in [0.2, 0.25) is 6.60 Å². The molecule has 5 rings (SSSR count). The first-order chi connectivity index (χ1) is 20.4. The molecule has 0 radical (unpaired) electrons. The van der Waals surface area contributed by atoms with Gasteiger partial charge in [0.05, 0.1) is 0 Å². The third kappa shape index (κ3) is 10.1. The largest absolute Gasteiger partial charge is 0.496 e. The molecule has 0 spiro atoms. The molecular formula is C31H49B3FNO8. The van der Waals surface area contributed by atoms with Crippen molar-refractivity contribution in [2.75, 3.05) is 52.5 Å². The minimum atomic E-state index is -0.662. The molecule has 0 bridgehead atoms. The smallest absolute Gasteiger partial charge is 0.444 e. The predicted molar refractivity (Wildman–Crippen MR) is 171 cm³/mol. The molecule has 0 aliphatic carbocycles. The fourth-order valence-electron chi connectivity index (χ4n) is 5.05. The summed E-state index contributed by atoms with van der Waals surface area (Å²) in [5.41, 5.74) is 1.81. The third-order valence-corrected chi connectivity index (χ3v) is 7.69.